The average Bonchev–Trinajstić information content (AvgIpc) is 2.38. The molecule has 100 valence electrons. The van der Waals surface area contributed by atoms with Crippen molar-refractivity contribution in [2.45, 2.75) is 6.04 Å². The molecule has 0 aliphatic carbocycles. The van der Waals surface area contributed by atoms with Gasteiger partial charge in [0.1, 0.15) is 0 Å². The van der Waals surface area contributed by atoms with E-state index in [1.54, 1.807) is 0 Å². The lowest BCUT2D eigenvalue weighted by molar-refractivity contribution is 0.110. The molecule has 1 fully saturated rings. The molecular weight excluding hydrogens is 245 g/mol. The van der Waals surface area contributed by atoms with Crippen molar-refractivity contribution in [2.24, 2.45) is 0 Å². The van der Waals surface area contributed by atoms with Gasteiger partial charge in [0.05, 0.1) is 12.6 Å². The molecule has 0 spiro atoms. The first-order valence-corrected chi connectivity index (χ1v) is 5.83. The van der Waals surface area contributed by atoms with Gasteiger partial charge in [-0.15, -0.1) is 0 Å². The number of hydrogen-bond acceptors (Lipinski definition) is 3. The molecule has 0 unspecified atom stereocenters. The van der Waals surface area contributed by atoms with Crippen LogP contribution in [0.2, 0.25) is 0 Å². The number of rotatable bonds is 3. The van der Waals surface area contributed by atoms with Crippen LogP contribution in [0.3, 0.4) is 0 Å². The molecule has 0 radical (unpaired) electrons. The number of nitrogens with one attached hydrogen (secondary N) is 1. The van der Waals surface area contributed by atoms with Crippen LogP contribution < -0.4 is 5.32 Å². The maximum Gasteiger partial charge on any atom is 0.194 e. The summed E-state index contributed by atoms with van der Waals surface area (Å²) < 4.78 is 39.2. The fraction of sp³-hybridized carbons (Fsp3) is 0.500. The molecule has 0 bridgehead atoms. The van der Waals surface area contributed by atoms with E-state index in [-0.39, 0.29) is 12.2 Å². The number of benzene rings is 1. The van der Waals surface area contributed by atoms with E-state index in [2.05, 4.69) is 5.32 Å². The van der Waals surface area contributed by atoms with Gasteiger partial charge in [-0.3, -0.25) is 4.90 Å². The molecule has 1 aromatic rings. The zero-order chi connectivity index (χ0) is 13.1. The van der Waals surface area contributed by atoms with Crippen molar-refractivity contribution < 1.29 is 18.3 Å². The van der Waals surface area contributed by atoms with Gasteiger partial charge < -0.3 is 10.4 Å². The molecule has 1 aliphatic rings. The van der Waals surface area contributed by atoms with E-state index in [4.69, 9.17) is 0 Å². The second-order valence-electron chi connectivity index (χ2n) is 4.28. The molecule has 0 amide bonds. The second kappa shape index (κ2) is 5.69. The van der Waals surface area contributed by atoms with Gasteiger partial charge in [-0.2, -0.15) is 0 Å². The topological polar surface area (TPSA) is 35.5 Å². The first-order chi connectivity index (χ1) is 8.63. The van der Waals surface area contributed by atoms with Crippen LogP contribution >= 0.6 is 0 Å². The fourth-order valence-corrected chi connectivity index (χ4v) is 2.19. The van der Waals surface area contributed by atoms with E-state index in [9.17, 15) is 18.3 Å². The van der Waals surface area contributed by atoms with Crippen LogP contribution in [-0.4, -0.2) is 42.8 Å². The van der Waals surface area contributed by atoms with Crippen molar-refractivity contribution in [3.63, 3.8) is 0 Å². The molecule has 2 N–H and O–H groups in total. The summed E-state index contributed by atoms with van der Waals surface area (Å²) in [5.74, 6) is -3.92. The van der Waals surface area contributed by atoms with Crippen molar-refractivity contribution >= 4 is 0 Å². The Morgan fingerprint density at radius 2 is 1.72 bits per heavy atom. The second-order valence-corrected chi connectivity index (χ2v) is 4.28. The van der Waals surface area contributed by atoms with E-state index >= 15 is 0 Å². The third-order valence-corrected chi connectivity index (χ3v) is 3.16. The van der Waals surface area contributed by atoms with Crippen LogP contribution in [0.1, 0.15) is 11.6 Å². The van der Waals surface area contributed by atoms with Gasteiger partial charge in [-0.25, -0.2) is 13.2 Å². The van der Waals surface area contributed by atoms with Crippen LogP contribution in [0.15, 0.2) is 12.1 Å². The lowest BCUT2D eigenvalue weighted by atomic mass is 10.0. The van der Waals surface area contributed by atoms with Crippen molar-refractivity contribution in [1.29, 1.82) is 0 Å². The first-order valence-electron chi connectivity index (χ1n) is 5.83. The Balaban J connectivity index is 2.26. The summed E-state index contributed by atoms with van der Waals surface area (Å²) in [6.45, 7) is 2.59. The van der Waals surface area contributed by atoms with Gasteiger partial charge in [0.25, 0.3) is 0 Å². The van der Waals surface area contributed by atoms with Gasteiger partial charge in [0, 0.05) is 26.2 Å². The zero-order valence-electron chi connectivity index (χ0n) is 9.80. The molecule has 6 heteroatoms. The number of nitrogens with zero attached hydrogens (tertiary/aromatic N) is 1. The summed E-state index contributed by atoms with van der Waals surface area (Å²) >= 11 is 0. The molecule has 3 nitrogen and oxygen atoms in total. The van der Waals surface area contributed by atoms with Crippen LogP contribution in [0.5, 0.6) is 0 Å². The van der Waals surface area contributed by atoms with E-state index < -0.39 is 23.5 Å². The van der Waals surface area contributed by atoms with Crippen LogP contribution in [0.25, 0.3) is 0 Å². The van der Waals surface area contributed by atoms with E-state index in [0.29, 0.717) is 13.1 Å². The summed E-state index contributed by atoms with van der Waals surface area (Å²) in [5.41, 5.74) is 0.260. The number of aliphatic hydroxyl groups is 1. The van der Waals surface area contributed by atoms with Crippen LogP contribution in [-0.2, 0) is 0 Å². The summed E-state index contributed by atoms with van der Waals surface area (Å²) in [7, 11) is 0. The predicted octanol–water partition coefficient (Wildman–Crippen LogP) is 1.04. The van der Waals surface area contributed by atoms with Gasteiger partial charge in [0.2, 0.25) is 0 Å². The number of aliphatic hydroxyl groups excluding tert-OH is 1. The highest BCUT2D eigenvalue weighted by Gasteiger charge is 2.23. The molecule has 2 rings (SSSR count). The lowest BCUT2D eigenvalue weighted by Gasteiger charge is -2.34. The maximum atomic E-state index is 13.2. The molecule has 1 aromatic carbocycles. The Morgan fingerprint density at radius 3 is 2.22 bits per heavy atom. The van der Waals surface area contributed by atoms with E-state index in [1.165, 1.54) is 0 Å². The minimum atomic E-state index is -1.48. The van der Waals surface area contributed by atoms with Gasteiger partial charge in [0.15, 0.2) is 17.5 Å². The highest BCUT2D eigenvalue weighted by Crippen LogP contribution is 2.24. The predicted molar refractivity (Wildman–Crippen MR) is 60.6 cm³/mol. The summed E-state index contributed by atoms with van der Waals surface area (Å²) in [5, 5.41) is 12.5. The minimum absolute atomic E-state index is 0.259. The highest BCUT2D eigenvalue weighted by molar-refractivity contribution is 5.23. The van der Waals surface area contributed by atoms with Crippen LogP contribution in [0, 0.1) is 17.5 Å². The van der Waals surface area contributed by atoms with E-state index in [1.807, 2.05) is 4.90 Å². The lowest BCUT2D eigenvalue weighted by Crippen LogP contribution is -2.46. The third kappa shape index (κ3) is 2.66. The molecule has 1 heterocycles. The quantitative estimate of drug-likeness (QED) is 0.797. The SMILES string of the molecule is OC[C@H](c1cc(F)c(F)c(F)c1)N1CCNCC1. The van der Waals surface area contributed by atoms with Crippen molar-refractivity contribution in [3.8, 4) is 0 Å². The fourth-order valence-electron chi connectivity index (χ4n) is 2.19. The molecule has 1 saturated heterocycles. The monoisotopic (exact) mass is 260 g/mol. The molecule has 0 aromatic heterocycles. The zero-order valence-corrected chi connectivity index (χ0v) is 9.80. The standard InChI is InChI=1S/C12H15F3N2O/c13-9-5-8(6-10(14)12(9)15)11(7-18)17-3-1-16-2-4-17/h5-6,11,16,18H,1-4,7H2/t11-/m1/s1. The third-order valence-electron chi connectivity index (χ3n) is 3.16. The highest BCUT2D eigenvalue weighted by atomic mass is 19.2. The average molecular weight is 260 g/mol. The number of hydrogen-bond donors (Lipinski definition) is 2. The summed E-state index contributed by atoms with van der Waals surface area (Å²) in [4.78, 5) is 1.92. The van der Waals surface area contributed by atoms with Crippen molar-refractivity contribution in [1.82, 2.24) is 10.2 Å². The molecular formula is C12H15F3N2O. The molecule has 1 atom stereocenters. The van der Waals surface area contributed by atoms with Crippen LogP contribution in [0.4, 0.5) is 13.2 Å². The summed E-state index contributed by atoms with van der Waals surface area (Å²) in [6, 6.07) is 1.39. The largest absolute Gasteiger partial charge is 0.394 e. The van der Waals surface area contributed by atoms with Crippen molar-refractivity contribution in [2.75, 3.05) is 32.8 Å². The Kier molecular flexibility index (Phi) is 4.21. The Labute approximate surface area is 103 Å². The minimum Gasteiger partial charge on any atom is -0.394 e. The van der Waals surface area contributed by atoms with Gasteiger partial charge in [-0.1, -0.05) is 0 Å². The Morgan fingerprint density at radius 1 is 1.17 bits per heavy atom. The normalized spacial score (nSPS) is 18.9. The smallest absolute Gasteiger partial charge is 0.194 e. The molecule has 0 saturated carbocycles. The molecule has 18 heavy (non-hydrogen) atoms. The number of halogens is 3. The Hall–Kier alpha value is -1.11. The van der Waals surface area contributed by atoms with Crippen molar-refractivity contribution in [3.05, 3.63) is 35.1 Å². The van der Waals surface area contributed by atoms with E-state index in [0.717, 1.165) is 25.2 Å². The van der Waals surface area contributed by atoms with Gasteiger partial charge in [-0.05, 0) is 17.7 Å². The Bertz CT molecular complexity index is 399. The molecule has 1 aliphatic heterocycles. The first kappa shape index (κ1) is 13.3. The maximum absolute atomic E-state index is 13.2. The van der Waals surface area contributed by atoms with Gasteiger partial charge >= 0.3 is 0 Å². The summed E-state index contributed by atoms with van der Waals surface area (Å²) in [6.07, 6.45) is 0. The number of piperazine rings is 1.